The third kappa shape index (κ3) is 1.09. The van der Waals surface area contributed by atoms with Gasteiger partial charge in [-0.25, -0.2) is 8.42 Å². The van der Waals surface area contributed by atoms with Crippen molar-refractivity contribution in [3.63, 3.8) is 0 Å². The van der Waals surface area contributed by atoms with Gasteiger partial charge in [0.05, 0.1) is 10.5 Å². The van der Waals surface area contributed by atoms with Crippen molar-refractivity contribution in [2.75, 3.05) is 0 Å². The van der Waals surface area contributed by atoms with Crippen molar-refractivity contribution < 1.29 is 13.2 Å². The Bertz CT molecular complexity index is 282. The van der Waals surface area contributed by atoms with E-state index in [2.05, 4.69) is 0 Å². The number of hydrogen-bond acceptors (Lipinski definition) is 3. The molecular formula is C8H12O3S. The minimum atomic E-state index is -2.92. The molecule has 0 aromatic heterocycles. The average Bonchev–Trinajstić information content (AvgIpc) is 1.92. The first-order valence-electron chi connectivity index (χ1n) is 4.35. The van der Waals surface area contributed by atoms with Crippen molar-refractivity contribution >= 4 is 15.6 Å². The monoisotopic (exact) mass is 188 g/mol. The van der Waals surface area contributed by atoms with Crippen molar-refractivity contribution in [2.45, 2.75) is 42.6 Å². The summed E-state index contributed by atoms with van der Waals surface area (Å²) in [5.74, 6) is 0.138. The van der Waals surface area contributed by atoms with E-state index in [1.807, 2.05) is 0 Å². The van der Waals surface area contributed by atoms with Crippen LogP contribution in [0.15, 0.2) is 0 Å². The molecule has 68 valence electrons. The summed E-state index contributed by atoms with van der Waals surface area (Å²) in [4.78, 5) is 11.1. The number of carbonyl (C=O) groups excluding carboxylic acids is 1. The maximum atomic E-state index is 11.6. The zero-order valence-corrected chi connectivity index (χ0v) is 7.64. The van der Waals surface area contributed by atoms with Gasteiger partial charge in [-0.3, -0.25) is 4.79 Å². The number of carbonyl (C=O) groups is 1. The van der Waals surface area contributed by atoms with Crippen molar-refractivity contribution in [1.29, 1.82) is 0 Å². The second-order valence-corrected chi connectivity index (χ2v) is 6.22. The van der Waals surface area contributed by atoms with Crippen molar-refractivity contribution in [3.05, 3.63) is 0 Å². The van der Waals surface area contributed by atoms with Gasteiger partial charge in [-0.1, -0.05) is 6.42 Å². The maximum absolute atomic E-state index is 11.6. The van der Waals surface area contributed by atoms with Crippen LogP contribution in [0.3, 0.4) is 0 Å². The largest absolute Gasteiger partial charge is 0.300 e. The van der Waals surface area contributed by atoms with E-state index < -0.39 is 9.84 Å². The third-order valence-electron chi connectivity index (χ3n) is 2.89. The van der Waals surface area contributed by atoms with Gasteiger partial charge in [0.1, 0.15) is 5.78 Å². The molecule has 3 nitrogen and oxygen atoms in total. The number of fused-ring (bicyclic) bond motifs is 2. The Kier molecular flexibility index (Phi) is 1.75. The van der Waals surface area contributed by atoms with Gasteiger partial charge in [0.15, 0.2) is 9.84 Å². The molecule has 0 aromatic carbocycles. The molecular weight excluding hydrogens is 176 g/mol. The van der Waals surface area contributed by atoms with Gasteiger partial charge in [0, 0.05) is 12.8 Å². The van der Waals surface area contributed by atoms with Gasteiger partial charge in [0.25, 0.3) is 0 Å². The molecule has 0 N–H and O–H groups in total. The second-order valence-electron chi connectivity index (χ2n) is 3.71. The SMILES string of the molecule is O=C1CC2CCCC(C1)S2(=O)=O. The van der Waals surface area contributed by atoms with Gasteiger partial charge in [-0.15, -0.1) is 0 Å². The summed E-state index contributed by atoms with van der Waals surface area (Å²) in [5.41, 5.74) is 0. The fraction of sp³-hybridized carbons (Fsp3) is 0.875. The smallest absolute Gasteiger partial charge is 0.156 e. The Morgan fingerprint density at radius 3 is 2.08 bits per heavy atom. The Morgan fingerprint density at radius 2 is 1.58 bits per heavy atom. The Hall–Kier alpha value is -0.380. The molecule has 2 rings (SSSR count). The molecule has 12 heavy (non-hydrogen) atoms. The van der Waals surface area contributed by atoms with Crippen LogP contribution in [0.4, 0.5) is 0 Å². The number of sulfone groups is 1. The number of hydrogen-bond donors (Lipinski definition) is 0. The lowest BCUT2D eigenvalue weighted by Crippen LogP contribution is -2.43. The highest BCUT2D eigenvalue weighted by atomic mass is 32.2. The van der Waals surface area contributed by atoms with Crippen LogP contribution in [0.5, 0.6) is 0 Å². The lowest BCUT2D eigenvalue weighted by Gasteiger charge is -2.33. The van der Waals surface area contributed by atoms with E-state index in [1.54, 1.807) is 0 Å². The molecule has 2 fully saturated rings. The minimum absolute atomic E-state index is 0.138. The predicted molar refractivity (Wildman–Crippen MR) is 44.6 cm³/mol. The van der Waals surface area contributed by atoms with E-state index in [0.29, 0.717) is 12.8 Å². The first-order chi connectivity index (χ1) is 5.60. The molecule has 0 aromatic rings. The Labute approximate surface area is 72.1 Å². The van der Waals surface area contributed by atoms with Crippen molar-refractivity contribution in [1.82, 2.24) is 0 Å². The third-order valence-corrected chi connectivity index (χ3v) is 5.56. The average molecular weight is 188 g/mol. The van der Waals surface area contributed by atoms with Crippen molar-refractivity contribution in [3.8, 4) is 0 Å². The molecule has 0 saturated carbocycles. The molecule has 0 aliphatic carbocycles. The van der Waals surface area contributed by atoms with Crippen molar-refractivity contribution in [2.24, 2.45) is 0 Å². The van der Waals surface area contributed by atoms with Gasteiger partial charge in [-0.2, -0.15) is 0 Å². The zero-order valence-electron chi connectivity index (χ0n) is 6.82. The Morgan fingerprint density at radius 1 is 1.08 bits per heavy atom. The number of ketones is 1. The summed E-state index contributed by atoms with van der Waals surface area (Å²) >= 11 is 0. The van der Waals surface area contributed by atoms with E-state index in [4.69, 9.17) is 0 Å². The zero-order chi connectivity index (χ0) is 8.77. The highest BCUT2D eigenvalue weighted by Crippen LogP contribution is 2.34. The van der Waals surface area contributed by atoms with Crippen LogP contribution in [-0.4, -0.2) is 24.7 Å². The summed E-state index contributed by atoms with van der Waals surface area (Å²) in [5, 5.41) is -0.671. The molecule has 0 amide bonds. The van der Waals surface area contributed by atoms with Gasteiger partial charge < -0.3 is 0 Å². The van der Waals surface area contributed by atoms with Gasteiger partial charge in [-0.05, 0) is 12.8 Å². The summed E-state index contributed by atoms with van der Waals surface area (Å²) in [6.07, 6.45) is 2.93. The van der Waals surface area contributed by atoms with Crippen LogP contribution in [0.2, 0.25) is 0 Å². The van der Waals surface area contributed by atoms with Gasteiger partial charge in [0.2, 0.25) is 0 Å². The molecule has 2 bridgehead atoms. The minimum Gasteiger partial charge on any atom is -0.300 e. The van der Waals surface area contributed by atoms with E-state index in [-0.39, 0.29) is 29.1 Å². The van der Waals surface area contributed by atoms with Crippen LogP contribution in [-0.2, 0) is 14.6 Å². The molecule has 4 heteroatoms. The normalized spacial score (nSPS) is 39.5. The molecule has 0 radical (unpaired) electrons. The lowest BCUT2D eigenvalue weighted by molar-refractivity contribution is -0.119. The maximum Gasteiger partial charge on any atom is 0.156 e. The highest BCUT2D eigenvalue weighted by Gasteiger charge is 2.43. The first kappa shape index (κ1) is 8.23. The molecule has 2 heterocycles. The summed E-state index contributed by atoms with van der Waals surface area (Å²) in [6.45, 7) is 0. The van der Waals surface area contributed by atoms with Crippen LogP contribution in [0.25, 0.3) is 0 Å². The first-order valence-corrected chi connectivity index (χ1v) is 5.96. The number of Topliss-reactive ketones (excluding diaryl/α,β-unsaturated/α-hetero) is 1. The quantitative estimate of drug-likeness (QED) is 0.562. The predicted octanol–water partition coefficient (Wildman–Crippen LogP) is 0.685. The molecule has 2 atom stereocenters. The standard InChI is InChI=1S/C8H12O3S/c9-6-4-7-2-1-3-8(5-6)12(7,10)11/h7-8H,1-5H2. The summed E-state index contributed by atoms with van der Waals surface area (Å²) < 4.78 is 23.2. The van der Waals surface area contributed by atoms with Crippen LogP contribution >= 0.6 is 0 Å². The summed E-state index contributed by atoms with van der Waals surface area (Å²) in [7, 11) is -2.92. The van der Waals surface area contributed by atoms with E-state index in [1.165, 1.54) is 0 Å². The van der Waals surface area contributed by atoms with Crippen LogP contribution in [0.1, 0.15) is 32.1 Å². The van der Waals surface area contributed by atoms with Gasteiger partial charge >= 0.3 is 0 Å². The fourth-order valence-electron chi connectivity index (χ4n) is 2.20. The molecule has 0 spiro atoms. The van der Waals surface area contributed by atoms with Crippen LogP contribution in [0, 0.1) is 0 Å². The fourth-order valence-corrected chi connectivity index (χ4v) is 4.57. The Balaban J connectivity index is 2.36. The van der Waals surface area contributed by atoms with E-state index in [0.717, 1.165) is 6.42 Å². The molecule has 2 aliphatic rings. The molecule has 2 saturated heterocycles. The summed E-state index contributed by atoms with van der Waals surface area (Å²) in [6, 6.07) is 0. The highest BCUT2D eigenvalue weighted by molar-refractivity contribution is 7.92. The number of rotatable bonds is 0. The molecule has 2 aliphatic heterocycles. The van der Waals surface area contributed by atoms with E-state index in [9.17, 15) is 13.2 Å². The topological polar surface area (TPSA) is 51.2 Å². The van der Waals surface area contributed by atoms with E-state index >= 15 is 0 Å². The van der Waals surface area contributed by atoms with Crippen LogP contribution < -0.4 is 0 Å². The second kappa shape index (κ2) is 2.55. The molecule has 2 unspecified atom stereocenters. The lowest BCUT2D eigenvalue weighted by atomic mass is 9.98.